The van der Waals surface area contributed by atoms with Crippen molar-refractivity contribution < 1.29 is 14.3 Å². The first-order chi connectivity index (χ1) is 11.6. The summed E-state index contributed by atoms with van der Waals surface area (Å²) in [7, 11) is 0. The lowest BCUT2D eigenvalue weighted by Gasteiger charge is -2.07. The van der Waals surface area contributed by atoms with Gasteiger partial charge in [0.05, 0.1) is 18.1 Å². The number of nitrogens with zero attached hydrogens (tertiary/aromatic N) is 2. The van der Waals surface area contributed by atoms with Gasteiger partial charge in [-0.3, -0.25) is 9.59 Å². The zero-order valence-corrected chi connectivity index (χ0v) is 15.1. The highest BCUT2D eigenvalue weighted by molar-refractivity contribution is 8.03. The van der Waals surface area contributed by atoms with Gasteiger partial charge in [0.25, 0.3) is 0 Å². The fraction of sp³-hybridized carbons (Fsp3) is 0.286. The van der Waals surface area contributed by atoms with Gasteiger partial charge in [0, 0.05) is 0 Å². The molecule has 0 fully saturated rings. The number of carbonyl (C=O) groups excluding carboxylic acids is 2. The molecular weight excluding hydrogens is 368 g/mol. The number of ether oxygens (including phenoxy) is 1. The van der Waals surface area contributed by atoms with Crippen molar-refractivity contribution in [1.29, 1.82) is 0 Å². The monoisotopic (exact) mass is 384 g/mol. The van der Waals surface area contributed by atoms with Crippen LogP contribution >= 0.6 is 34.9 Å². The Labute approximate surface area is 151 Å². The second-order valence-corrected chi connectivity index (χ2v) is 7.81. The number of primary amides is 1. The summed E-state index contributed by atoms with van der Waals surface area (Å²) in [6.07, 6.45) is 0. The number of carbonyl (C=O) groups is 2. The topological polar surface area (TPSA) is 107 Å². The van der Waals surface area contributed by atoms with E-state index in [0.717, 1.165) is 5.75 Å². The molecule has 0 unspecified atom stereocenters. The molecule has 128 valence electrons. The van der Waals surface area contributed by atoms with Gasteiger partial charge >= 0.3 is 0 Å². The van der Waals surface area contributed by atoms with Crippen LogP contribution in [-0.2, 0) is 9.59 Å². The maximum absolute atomic E-state index is 11.8. The lowest BCUT2D eigenvalue weighted by atomic mass is 10.3. The van der Waals surface area contributed by atoms with Gasteiger partial charge in [-0.25, -0.2) is 0 Å². The summed E-state index contributed by atoms with van der Waals surface area (Å²) in [6.45, 7) is 0.844. The highest BCUT2D eigenvalue weighted by Crippen LogP contribution is 2.28. The van der Waals surface area contributed by atoms with Crippen molar-refractivity contribution in [1.82, 2.24) is 15.5 Å². The molecule has 0 saturated heterocycles. The molecule has 1 heterocycles. The van der Waals surface area contributed by atoms with Crippen molar-refractivity contribution in [3.05, 3.63) is 30.3 Å². The molecule has 0 radical (unpaired) electrons. The minimum absolute atomic E-state index is 0.0989. The summed E-state index contributed by atoms with van der Waals surface area (Å²) in [5.74, 6) is 0.692. The Balaban J connectivity index is 1.60. The predicted octanol–water partition coefficient (Wildman–Crippen LogP) is 1.40. The molecule has 0 atom stereocenters. The molecule has 1 aromatic carbocycles. The fourth-order valence-electron chi connectivity index (χ4n) is 1.50. The van der Waals surface area contributed by atoms with E-state index in [9.17, 15) is 9.59 Å². The molecule has 1 aromatic heterocycles. The van der Waals surface area contributed by atoms with Gasteiger partial charge in [-0.2, -0.15) is 0 Å². The van der Waals surface area contributed by atoms with Crippen molar-refractivity contribution in [2.24, 2.45) is 5.73 Å². The molecule has 2 amide bonds. The Morgan fingerprint density at radius 2 is 1.79 bits per heavy atom. The number of thioether (sulfide) groups is 2. The fourth-order valence-corrected chi connectivity index (χ4v) is 4.09. The maximum atomic E-state index is 11.8. The van der Waals surface area contributed by atoms with E-state index in [1.807, 2.05) is 30.3 Å². The second kappa shape index (κ2) is 10.2. The van der Waals surface area contributed by atoms with E-state index in [4.69, 9.17) is 10.5 Å². The number of benzene rings is 1. The number of nitrogens with two attached hydrogens (primary N) is 1. The van der Waals surface area contributed by atoms with Gasteiger partial charge in [0.15, 0.2) is 8.68 Å². The van der Waals surface area contributed by atoms with Gasteiger partial charge in [-0.15, -0.1) is 10.2 Å². The number of aromatic nitrogens is 2. The van der Waals surface area contributed by atoms with Crippen LogP contribution in [0.3, 0.4) is 0 Å². The Hall–Kier alpha value is -1.78. The lowest BCUT2D eigenvalue weighted by molar-refractivity contribution is -0.118. The average Bonchev–Trinajstić information content (AvgIpc) is 3.04. The summed E-state index contributed by atoms with van der Waals surface area (Å²) >= 11 is 3.87. The van der Waals surface area contributed by atoms with Crippen LogP contribution in [-0.4, -0.2) is 46.7 Å². The van der Waals surface area contributed by atoms with Gasteiger partial charge in [0.2, 0.25) is 11.8 Å². The van der Waals surface area contributed by atoms with E-state index < -0.39 is 5.91 Å². The molecule has 0 aliphatic rings. The highest BCUT2D eigenvalue weighted by Gasteiger charge is 2.09. The van der Waals surface area contributed by atoms with Crippen molar-refractivity contribution in [3.8, 4) is 5.75 Å². The molecule has 7 nitrogen and oxygen atoms in total. The first kappa shape index (κ1) is 18.6. The molecule has 0 aliphatic carbocycles. The molecular formula is C14H16N4O3S3. The number of nitrogens with one attached hydrogen (secondary N) is 1. The van der Waals surface area contributed by atoms with Gasteiger partial charge < -0.3 is 15.8 Å². The largest absolute Gasteiger partial charge is 0.492 e. The summed E-state index contributed by atoms with van der Waals surface area (Å²) in [5.41, 5.74) is 5.07. The van der Waals surface area contributed by atoms with E-state index in [1.165, 1.54) is 34.9 Å². The van der Waals surface area contributed by atoms with Crippen LogP contribution in [0, 0.1) is 0 Å². The van der Waals surface area contributed by atoms with Crippen LogP contribution in [0.15, 0.2) is 39.0 Å². The maximum Gasteiger partial charge on any atom is 0.230 e. The molecule has 0 aliphatic heterocycles. The van der Waals surface area contributed by atoms with Crippen molar-refractivity contribution in [2.45, 2.75) is 8.68 Å². The average molecular weight is 385 g/mol. The SMILES string of the molecule is NC(=O)CSc1nnc(SCC(=O)NCCOc2ccccc2)s1. The minimum atomic E-state index is -0.401. The smallest absolute Gasteiger partial charge is 0.230 e. The zero-order chi connectivity index (χ0) is 17.2. The Morgan fingerprint density at radius 3 is 2.46 bits per heavy atom. The summed E-state index contributed by atoms with van der Waals surface area (Å²) in [5, 5.41) is 10.7. The third-order valence-corrected chi connectivity index (χ3v) is 5.70. The van der Waals surface area contributed by atoms with Crippen LogP contribution in [0.1, 0.15) is 0 Å². The van der Waals surface area contributed by atoms with Gasteiger partial charge in [-0.1, -0.05) is 53.1 Å². The number of amides is 2. The zero-order valence-electron chi connectivity index (χ0n) is 12.6. The van der Waals surface area contributed by atoms with Crippen molar-refractivity contribution in [2.75, 3.05) is 24.7 Å². The standard InChI is InChI=1S/C14H16N4O3S3/c15-11(19)8-22-13-17-18-14(24-13)23-9-12(20)16-6-7-21-10-4-2-1-3-5-10/h1-5H,6-9H2,(H2,15,19)(H,16,20). The Morgan fingerprint density at radius 1 is 1.12 bits per heavy atom. The summed E-state index contributed by atoms with van der Waals surface area (Å²) in [4.78, 5) is 22.5. The van der Waals surface area contributed by atoms with Crippen molar-refractivity contribution in [3.63, 3.8) is 0 Å². The van der Waals surface area contributed by atoms with Crippen LogP contribution in [0.2, 0.25) is 0 Å². The molecule has 0 spiro atoms. The third-order valence-electron chi connectivity index (χ3n) is 2.49. The molecule has 0 bridgehead atoms. The summed E-state index contributed by atoms with van der Waals surface area (Å²) < 4.78 is 6.82. The minimum Gasteiger partial charge on any atom is -0.492 e. The number of rotatable bonds is 10. The van der Waals surface area contributed by atoms with Crippen molar-refractivity contribution >= 4 is 46.7 Å². The molecule has 0 saturated carbocycles. The molecule has 24 heavy (non-hydrogen) atoms. The molecule has 10 heteroatoms. The Bertz CT molecular complexity index is 666. The first-order valence-corrected chi connectivity index (χ1v) is 9.74. The number of para-hydroxylation sites is 1. The second-order valence-electron chi connectivity index (χ2n) is 4.39. The lowest BCUT2D eigenvalue weighted by Crippen LogP contribution is -2.29. The van der Waals surface area contributed by atoms with Gasteiger partial charge in [0.1, 0.15) is 12.4 Å². The third kappa shape index (κ3) is 7.20. The number of hydrogen-bond donors (Lipinski definition) is 2. The van der Waals surface area contributed by atoms with E-state index in [-0.39, 0.29) is 17.4 Å². The highest BCUT2D eigenvalue weighted by atomic mass is 32.2. The quantitative estimate of drug-likeness (QED) is 0.471. The van der Waals surface area contributed by atoms with Crippen LogP contribution in [0.5, 0.6) is 5.75 Å². The van der Waals surface area contributed by atoms with Gasteiger partial charge in [-0.05, 0) is 12.1 Å². The molecule has 2 rings (SSSR count). The molecule has 3 N–H and O–H groups in total. The van der Waals surface area contributed by atoms with E-state index in [0.29, 0.717) is 21.8 Å². The van der Waals surface area contributed by atoms with Crippen LogP contribution < -0.4 is 15.8 Å². The van der Waals surface area contributed by atoms with E-state index in [2.05, 4.69) is 15.5 Å². The van der Waals surface area contributed by atoms with E-state index in [1.54, 1.807) is 0 Å². The van der Waals surface area contributed by atoms with E-state index >= 15 is 0 Å². The first-order valence-electron chi connectivity index (χ1n) is 6.95. The Kier molecular flexibility index (Phi) is 7.86. The predicted molar refractivity (Wildman–Crippen MR) is 95.5 cm³/mol. The van der Waals surface area contributed by atoms with Crippen LogP contribution in [0.25, 0.3) is 0 Å². The normalized spacial score (nSPS) is 10.3. The molecule has 2 aromatic rings. The number of hydrogen-bond acceptors (Lipinski definition) is 8. The summed E-state index contributed by atoms with van der Waals surface area (Å²) in [6, 6.07) is 9.42. The van der Waals surface area contributed by atoms with Crippen LogP contribution in [0.4, 0.5) is 0 Å².